The molecule has 3 N–H and O–H groups in total. The highest BCUT2D eigenvalue weighted by molar-refractivity contribution is 6.09. The van der Waals surface area contributed by atoms with Crippen molar-refractivity contribution in [3.63, 3.8) is 0 Å². The van der Waals surface area contributed by atoms with Gasteiger partial charge in [-0.1, -0.05) is 30.3 Å². The van der Waals surface area contributed by atoms with Crippen molar-refractivity contribution in [3.05, 3.63) is 54.3 Å². The van der Waals surface area contributed by atoms with Crippen molar-refractivity contribution in [1.29, 1.82) is 0 Å². The van der Waals surface area contributed by atoms with Crippen LogP contribution in [0.3, 0.4) is 0 Å². The number of nitrogens with one attached hydrogen (secondary N) is 3. The molecule has 1 saturated carbocycles. The fraction of sp³-hybridized carbons (Fsp3) is 0.333. The second kappa shape index (κ2) is 8.91. The molecule has 1 aliphatic rings. The first-order valence-corrected chi connectivity index (χ1v) is 9.83. The zero-order chi connectivity index (χ0) is 20.9. The van der Waals surface area contributed by atoms with Crippen LogP contribution in [0.1, 0.15) is 46.7 Å². The van der Waals surface area contributed by atoms with Gasteiger partial charge < -0.3 is 19.8 Å². The van der Waals surface area contributed by atoms with Crippen LogP contribution in [-0.4, -0.2) is 46.3 Å². The lowest BCUT2D eigenvalue weighted by molar-refractivity contribution is 0.0598. The Hall–Kier alpha value is -3.46. The summed E-state index contributed by atoms with van der Waals surface area (Å²) in [4.78, 5) is 29.5. The normalized spacial score (nSPS) is 18.7. The Morgan fingerprint density at radius 3 is 2.60 bits per heavy atom. The van der Waals surface area contributed by atoms with Gasteiger partial charge in [-0.15, -0.1) is 0 Å². The molecule has 2 aromatic heterocycles. The number of H-pyrrole nitrogens is 1. The molecule has 3 aromatic rings. The quantitative estimate of drug-likeness (QED) is 0.575. The van der Waals surface area contributed by atoms with Gasteiger partial charge in [0.2, 0.25) is 0 Å². The minimum absolute atomic E-state index is 0.0596. The lowest BCUT2D eigenvalue weighted by Gasteiger charge is -2.28. The molecule has 4 rings (SSSR count). The van der Waals surface area contributed by atoms with Crippen LogP contribution >= 0.6 is 0 Å². The SMILES string of the molecule is CO[C@H]1CC[C@H](NC(=O)c2n[nH]cc2NC(=O)c2ncoc2-c2ccccc2)CC1. The summed E-state index contributed by atoms with van der Waals surface area (Å²) in [5.41, 5.74) is 1.27. The molecule has 0 radical (unpaired) electrons. The van der Waals surface area contributed by atoms with Crippen molar-refractivity contribution >= 4 is 17.5 Å². The van der Waals surface area contributed by atoms with Crippen LogP contribution < -0.4 is 10.6 Å². The first kappa shape index (κ1) is 19.8. The number of benzene rings is 1. The third kappa shape index (κ3) is 4.25. The highest BCUT2D eigenvalue weighted by Crippen LogP contribution is 2.25. The van der Waals surface area contributed by atoms with E-state index in [-0.39, 0.29) is 35.1 Å². The van der Waals surface area contributed by atoms with E-state index in [1.54, 1.807) is 7.11 Å². The molecule has 1 fully saturated rings. The number of carbonyl (C=O) groups excluding carboxylic acids is 2. The first-order chi connectivity index (χ1) is 14.7. The van der Waals surface area contributed by atoms with Crippen LogP contribution in [0.25, 0.3) is 11.3 Å². The number of ether oxygens (including phenoxy) is 1. The van der Waals surface area contributed by atoms with Crippen LogP contribution in [0.15, 0.2) is 47.3 Å². The number of aromatic amines is 1. The topological polar surface area (TPSA) is 122 Å². The molecule has 0 bridgehead atoms. The van der Waals surface area contributed by atoms with Gasteiger partial charge in [-0.3, -0.25) is 14.7 Å². The van der Waals surface area contributed by atoms with Gasteiger partial charge in [-0.25, -0.2) is 4.98 Å². The maximum absolute atomic E-state index is 12.8. The van der Waals surface area contributed by atoms with Gasteiger partial charge in [0.25, 0.3) is 11.8 Å². The zero-order valence-corrected chi connectivity index (χ0v) is 16.6. The van der Waals surface area contributed by atoms with Crippen molar-refractivity contribution in [2.45, 2.75) is 37.8 Å². The largest absolute Gasteiger partial charge is 0.443 e. The molecule has 0 unspecified atom stereocenters. The van der Waals surface area contributed by atoms with Crippen LogP contribution in [0.4, 0.5) is 5.69 Å². The Kier molecular flexibility index (Phi) is 5.89. The van der Waals surface area contributed by atoms with Crippen LogP contribution in [0.2, 0.25) is 0 Å². The lowest BCUT2D eigenvalue weighted by atomic mass is 9.93. The number of anilines is 1. The number of amides is 2. The smallest absolute Gasteiger partial charge is 0.278 e. The van der Waals surface area contributed by atoms with E-state index in [0.717, 1.165) is 31.2 Å². The summed E-state index contributed by atoms with van der Waals surface area (Å²) in [5.74, 6) is -0.466. The van der Waals surface area contributed by atoms with E-state index in [0.29, 0.717) is 5.76 Å². The summed E-state index contributed by atoms with van der Waals surface area (Å²) in [6.07, 6.45) is 6.43. The van der Waals surface area contributed by atoms with Gasteiger partial charge in [0.05, 0.1) is 11.8 Å². The minimum atomic E-state index is -0.487. The van der Waals surface area contributed by atoms with Crippen LogP contribution in [0.5, 0.6) is 0 Å². The molecule has 9 heteroatoms. The zero-order valence-electron chi connectivity index (χ0n) is 16.6. The molecule has 9 nitrogen and oxygen atoms in total. The predicted molar refractivity (Wildman–Crippen MR) is 109 cm³/mol. The van der Waals surface area contributed by atoms with E-state index in [1.807, 2.05) is 30.3 Å². The molecular weight excluding hydrogens is 386 g/mol. The minimum Gasteiger partial charge on any atom is -0.443 e. The molecule has 156 valence electrons. The number of aromatic nitrogens is 3. The monoisotopic (exact) mass is 409 g/mol. The molecule has 1 aromatic carbocycles. The molecule has 2 heterocycles. The molecule has 0 spiro atoms. The van der Waals surface area contributed by atoms with E-state index in [4.69, 9.17) is 9.15 Å². The van der Waals surface area contributed by atoms with E-state index < -0.39 is 5.91 Å². The molecule has 30 heavy (non-hydrogen) atoms. The number of hydrogen-bond donors (Lipinski definition) is 3. The third-order valence-corrected chi connectivity index (χ3v) is 5.26. The summed E-state index contributed by atoms with van der Waals surface area (Å²) in [7, 11) is 1.71. The maximum atomic E-state index is 12.8. The second-order valence-corrected chi connectivity index (χ2v) is 7.18. The van der Waals surface area contributed by atoms with Gasteiger partial charge in [0.15, 0.2) is 23.5 Å². The lowest BCUT2D eigenvalue weighted by Crippen LogP contribution is -2.39. The fourth-order valence-corrected chi connectivity index (χ4v) is 3.64. The number of carbonyl (C=O) groups is 2. The number of hydrogen-bond acceptors (Lipinski definition) is 6. The number of oxazole rings is 1. The first-order valence-electron chi connectivity index (χ1n) is 9.83. The highest BCUT2D eigenvalue weighted by Gasteiger charge is 2.26. The Morgan fingerprint density at radius 2 is 1.87 bits per heavy atom. The standard InChI is InChI=1S/C21H23N5O4/c1-29-15-9-7-14(8-10-15)24-20(27)17-16(11-23-26-17)25-21(28)18-19(30-12-22-18)13-5-3-2-4-6-13/h2-6,11-12,14-15H,7-10H2,1H3,(H,23,26)(H,24,27)(H,25,28)/t14-,15-. The summed E-state index contributed by atoms with van der Waals surface area (Å²) in [6.45, 7) is 0. The Bertz CT molecular complexity index is 1010. The van der Waals surface area contributed by atoms with E-state index in [1.165, 1.54) is 12.6 Å². The Balaban J connectivity index is 1.44. The van der Waals surface area contributed by atoms with Crippen molar-refractivity contribution in [2.24, 2.45) is 0 Å². The van der Waals surface area contributed by atoms with Crippen molar-refractivity contribution in [2.75, 3.05) is 12.4 Å². The molecule has 2 amide bonds. The average molecular weight is 409 g/mol. The predicted octanol–water partition coefficient (Wildman–Crippen LogP) is 3.00. The fourth-order valence-electron chi connectivity index (χ4n) is 3.64. The van der Waals surface area contributed by atoms with Gasteiger partial charge in [-0.05, 0) is 25.7 Å². The van der Waals surface area contributed by atoms with Gasteiger partial charge >= 0.3 is 0 Å². The number of nitrogens with zero attached hydrogens (tertiary/aromatic N) is 2. The molecular formula is C21H23N5O4. The number of rotatable bonds is 6. The van der Waals surface area contributed by atoms with Gasteiger partial charge in [0.1, 0.15) is 0 Å². The molecule has 0 aliphatic heterocycles. The maximum Gasteiger partial charge on any atom is 0.278 e. The summed E-state index contributed by atoms with van der Waals surface area (Å²) < 4.78 is 10.8. The molecule has 1 aliphatic carbocycles. The van der Waals surface area contributed by atoms with Crippen LogP contribution in [-0.2, 0) is 4.74 Å². The summed E-state index contributed by atoms with van der Waals surface area (Å²) in [5, 5.41) is 12.3. The van der Waals surface area contributed by atoms with E-state index in [9.17, 15) is 9.59 Å². The number of methoxy groups -OCH3 is 1. The highest BCUT2D eigenvalue weighted by atomic mass is 16.5. The molecule has 0 saturated heterocycles. The third-order valence-electron chi connectivity index (χ3n) is 5.26. The van der Waals surface area contributed by atoms with Crippen molar-refractivity contribution < 1.29 is 18.7 Å². The average Bonchev–Trinajstić information content (AvgIpc) is 3.44. The van der Waals surface area contributed by atoms with E-state index >= 15 is 0 Å². The van der Waals surface area contributed by atoms with Gasteiger partial charge in [0, 0.05) is 24.9 Å². The van der Waals surface area contributed by atoms with Crippen molar-refractivity contribution in [1.82, 2.24) is 20.5 Å². The Labute approximate surface area is 173 Å². The van der Waals surface area contributed by atoms with Crippen LogP contribution in [0, 0.1) is 0 Å². The second-order valence-electron chi connectivity index (χ2n) is 7.18. The molecule has 0 atom stereocenters. The van der Waals surface area contributed by atoms with E-state index in [2.05, 4.69) is 25.8 Å². The summed E-state index contributed by atoms with van der Waals surface area (Å²) in [6, 6.07) is 9.27. The van der Waals surface area contributed by atoms with Crippen molar-refractivity contribution in [3.8, 4) is 11.3 Å². The van der Waals surface area contributed by atoms with Gasteiger partial charge in [-0.2, -0.15) is 5.10 Å². The summed E-state index contributed by atoms with van der Waals surface area (Å²) >= 11 is 0. The Morgan fingerprint density at radius 1 is 1.10 bits per heavy atom.